The van der Waals surface area contributed by atoms with E-state index in [2.05, 4.69) is 21.2 Å². The zero-order valence-electron chi connectivity index (χ0n) is 11.2. The number of carboxylic acid groups (broad SMARTS) is 1. The molecule has 6 nitrogen and oxygen atoms in total. The van der Waals surface area contributed by atoms with Crippen LogP contribution in [-0.4, -0.2) is 36.7 Å². The normalized spacial score (nSPS) is 9.95. The van der Waals surface area contributed by atoms with Crippen molar-refractivity contribution >= 4 is 27.8 Å². The van der Waals surface area contributed by atoms with Gasteiger partial charge in [-0.15, -0.1) is 0 Å². The van der Waals surface area contributed by atoms with Crippen LogP contribution in [0.2, 0.25) is 0 Å². The molecule has 1 rings (SSSR count). The summed E-state index contributed by atoms with van der Waals surface area (Å²) in [5, 5.41) is 11.6. The molecule has 0 aliphatic carbocycles. The number of halogens is 1. The first kappa shape index (κ1) is 16.3. The fraction of sp³-hybridized carbons (Fsp3) is 0.385. The fourth-order valence-corrected chi connectivity index (χ4v) is 2.04. The number of likely N-dealkylation sites (N-methyl/N-ethyl adjacent to an activating group) is 1. The van der Waals surface area contributed by atoms with Crippen LogP contribution in [0.5, 0.6) is 11.5 Å². The highest BCUT2D eigenvalue weighted by Gasteiger charge is 2.16. The third-order valence-corrected chi connectivity index (χ3v) is 2.87. The summed E-state index contributed by atoms with van der Waals surface area (Å²) >= 11 is 3.23. The Kier molecular flexibility index (Phi) is 6.30. The van der Waals surface area contributed by atoms with E-state index in [1.165, 1.54) is 12.1 Å². The first-order valence-electron chi connectivity index (χ1n) is 6.08. The van der Waals surface area contributed by atoms with Crippen molar-refractivity contribution in [2.24, 2.45) is 0 Å². The predicted molar refractivity (Wildman–Crippen MR) is 76.4 cm³/mol. The molecule has 0 bridgehead atoms. The molecule has 1 aromatic rings. The summed E-state index contributed by atoms with van der Waals surface area (Å²) in [5.74, 6) is -0.738. The molecule has 0 spiro atoms. The molecule has 0 aliphatic rings. The standard InChI is InChI=1S/C13H16BrNO5/c1-3-15-11(16)7-20-12-9(14)5-8(13(17)18)6-10(12)19-4-2/h5-6H,3-4,7H2,1-2H3,(H,15,16)(H,17,18). The molecule has 0 atom stereocenters. The summed E-state index contributed by atoms with van der Waals surface area (Å²) in [4.78, 5) is 22.4. The van der Waals surface area contributed by atoms with E-state index in [4.69, 9.17) is 14.6 Å². The quantitative estimate of drug-likeness (QED) is 0.790. The highest BCUT2D eigenvalue weighted by molar-refractivity contribution is 9.10. The fourth-order valence-electron chi connectivity index (χ4n) is 1.48. The topological polar surface area (TPSA) is 84.9 Å². The second-order valence-electron chi connectivity index (χ2n) is 3.77. The maximum absolute atomic E-state index is 11.4. The number of carbonyl (C=O) groups is 2. The van der Waals surface area contributed by atoms with Crippen LogP contribution in [0.1, 0.15) is 24.2 Å². The van der Waals surface area contributed by atoms with Gasteiger partial charge in [-0.2, -0.15) is 0 Å². The smallest absolute Gasteiger partial charge is 0.335 e. The van der Waals surface area contributed by atoms with Crippen molar-refractivity contribution in [3.05, 3.63) is 22.2 Å². The Morgan fingerprint density at radius 1 is 1.30 bits per heavy atom. The number of nitrogens with one attached hydrogen (secondary N) is 1. The molecule has 110 valence electrons. The van der Waals surface area contributed by atoms with E-state index in [-0.39, 0.29) is 23.8 Å². The van der Waals surface area contributed by atoms with Gasteiger partial charge in [-0.25, -0.2) is 4.79 Å². The van der Waals surface area contributed by atoms with Gasteiger partial charge in [-0.1, -0.05) is 0 Å². The molecule has 0 aromatic heterocycles. The molecule has 7 heteroatoms. The van der Waals surface area contributed by atoms with Gasteiger partial charge in [-0.05, 0) is 41.9 Å². The molecule has 1 amide bonds. The van der Waals surface area contributed by atoms with Crippen molar-refractivity contribution < 1.29 is 24.2 Å². The molecule has 0 heterocycles. The van der Waals surface area contributed by atoms with Crippen molar-refractivity contribution in [3.8, 4) is 11.5 Å². The van der Waals surface area contributed by atoms with Crippen molar-refractivity contribution in [1.82, 2.24) is 5.32 Å². The van der Waals surface area contributed by atoms with E-state index in [0.29, 0.717) is 23.4 Å². The molecule has 0 fully saturated rings. The summed E-state index contributed by atoms with van der Waals surface area (Å²) in [5.41, 5.74) is 0.0747. The van der Waals surface area contributed by atoms with Crippen LogP contribution in [0.15, 0.2) is 16.6 Å². The Morgan fingerprint density at radius 2 is 2.00 bits per heavy atom. The minimum Gasteiger partial charge on any atom is -0.490 e. The zero-order chi connectivity index (χ0) is 15.1. The van der Waals surface area contributed by atoms with Gasteiger partial charge in [0.05, 0.1) is 16.6 Å². The van der Waals surface area contributed by atoms with Crippen LogP contribution < -0.4 is 14.8 Å². The van der Waals surface area contributed by atoms with Gasteiger partial charge in [0.15, 0.2) is 18.1 Å². The number of hydrogen-bond acceptors (Lipinski definition) is 4. The van der Waals surface area contributed by atoms with Crippen LogP contribution in [0.25, 0.3) is 0 Å². The minimum absolute atomic E-state index is 0.0747. The van der Waals surface area contributed by atoms with Crippen LogP contribution >= 0.6 is 15.9 Å². The minimum atomic E-state index is -1.07. The van der Waals surface area contributed by atoms with Crippen molar-refractivity contribution in [2.75, 3.05) is 19.8 Å². The van der Waals surface area contributed by atoms with Gasteiger partial charge in [0.1, 0.15) is 0 Å². The van der Waals surface area contributed by atoms with Crippen LogP contribution in [0.3, 0.4) is 0 Å². The number of carbonyl (C=O) groups excluding carboxylic acids is 1. The SMILES string of the molecule is CCNC(=O)COc1c(Br)cc(C(=O)O)cc1OCC. The molecule has 2 N–H and O–H groups in total. The van der Waals surface area contributed by atoms with Gasteiger partial charge in [0, 0.05) is 6.54 Å². The van der Waals surface area contributed by atoms with Gasteiger partial charge >= 0.3 is 5.97 Å². The van der Waals surface area contributed by atoms with Crippen molar-refractivity contribution in [3.63, 3.8) is 0 Å². The maximum atomic E-state index is 11.4. The van der Waals surface area contributed by atoms with Crippen molar-refractivity contribution in [1.29, 1.82) is 0 Å². The molecule has 0 aliphatic heterocycles. The molecule has 0 radical (unpaired) electrons. The number of benzene rings is 1. The number of ether oxygens (including phenoxy) is 2. The summed E-state index contributed by atoms with van der Waals surface area (Å²) in [6, 6.07) is 2.77. The Hall–Kier alpha value is -1.76. The molecule has 0 saturated carbocycles. The van der Waals surface area contributed by atoms with E-state index in [1.807, 2.05) is 0 Å². The molecule has 0 unspecified atom stereocenters. The number of hydrogen-bond donors (Lipinski definition) is 2. The lowest BCUT2D eigenvalue weighted by Crippen LogP contribution is -2.28. The van der Waals surface area contributed by atoms with E-state index >= 15 is 0 Å². The Balaban J connectivity index is 2.98. The van der Waals surface area contributed by atoms with Gasteiger partial charge in [0.25, 0.3) is 5.91 Å². The molecule has 20 heavy (non-hydrogen) atoms. The maximum Gasteiger partial charge on any atom is 0.335 e. The Morgan fingerprint density at radius 3 is 2.55 bits per heavy atom. The van der Waals surface area contributed by atoms with E-state index in [0.717, 1.165) is 0 Å². The number of amides is 1. The lowest BCUT2D eigenvalue weighted by Gasteiger charge is -2.14. The lowest BCUT2D eigenvalue weighted by atomic mass is 10.2. The summed E-state index contributed by atoms with van der Waals surface area (Å²) < 4.78 is 11.2. The van der Waals surface area contributed by atoms with Crippen molar-refractivity contribution in [2.45, 2.75) is 13.8 Å². The monoisotopic (exact) mass is 345 g/mol. The zero-order valence-corrected chi connectivity index (χ0v) is 12.8. The van der Waals surface area contributed by atoms with E-state index in [9.17, 15) is 9.59 Å². The predicted octanol–water partition coefficient (Wildman–Crippen LogP) is 2.06. The third-order valence-electron chi connectivity index (χ3n) is 2.28. The Bertz CT molecular complexity index is 504. The summed E-state index contributed by atoms with van der Waals surface area (Å²) in [6.07, 6.45) is 0. The van der Waals surface area contributed by atoms with Gasteiger partial charge in [0.2, 0.25) is 0 Å². The molecular weight excluding hydrogens is 330 g/mol. The highest BCUT2D eigenvalue weighted by Crippen LogP contribution is 2.36. The van der Waals surface area contributed by atoms with Crippen LogP contribution in [-0.2, 0) is 4.79 Å². The van der Waals surface area contributed by atoms with Gasteiger partial charge < -0.3 is 19.9 Å². The largest absolute Gasteiger partial charge is 0.490 e. The molecular formula is C13H16BrNO5. The lowest BCUT2D eigenvalue weighted by molar-refractivity contribution is -0.123. The first-order chi connectivity index (χ1) is 9.49. The summed E-state index contributed by atoms with van der Waals surface area (Å²) in [7, 11) is 0. The molecule has 0 saturated heterocycles. The average Bonchev–Trinajstić information content (AvgIpc) is 2.38. The highest BCUT2D eigenvalue weighted by atomic mass is 79.9. The Labute approximate surface area is 125 Å². The third kappa shape index (κ3) is 4.41. The first-order valence-corrected chi connectivity index (χ1v) is 6.88. The van der Waals surface area contributed by atoms with Crippen LogP contribution in [0.4, 0.5) is 0 Å². The van der Waals surface area contributed by atoms with Gasteiger partial charge in [-0.3, -0.25) is 4.79 Å². The molecule has 1 aromatic carbocycles. The second-order valence-corrected chi connectivity index (χ2v) is 4.62. The average molecular weight is 346 g/mol. The second kappa shape index (κ2) is 7.74. The summed E-state index contributed by atoms with van der Waals surface area (Å²) in [6.45, 7) is 4.28. The number of aromatic carboxylic acids is 1. The van der Waals surface area contributed by atoms with E-state index in [1.54, 1.807) is 13.8 Å². The van der Waals surface area contributed by atoms with Crippen LogP contribution in [0, 0.1) is 0 Å². The van der Waals surface area contributed by atoms with E-state index < -0.39 is 5.97 Å². The number of carboxylic acids is 1. The number of rotatable bonds is 7.